The summed E-state index contributed by atoms with van der Waals surface area (Å²) in [5.41, 5.74) is 15.4. The molecular formula is C16H32N4O3. The number of ether oxygens (including phenoxy) is 1. The Morgan fingerprint density at radius 1 is 1.04 bits per heavy atom. The first kappa shape index (κ1) is 21.4. The molecule has 0 saturated carbocycles. The van der Waals surface area contributed by atoms with E-state index in [0.29, 0.717) is 19.4 Å². The molecule has 0 aromatic carbocycles. The number of esters is 1. The molecule has 0 aliphatic carbocycles. The quantitative estimate of drug-likeness (QED) is 0.275. The maximum absolute atomic E-state index is 12.4. The zero-order valence-corrected chi connectivity index (χ0v) is 15.2. The molecule has 7 heteroatoms. The second kappa shape index (κ2) is 8.29. The average Bonchev–Trinajstić information content (AvgIpc) is 2.37. The maximum atomic E-state index is 12.4. The van der Waals surface area contributed by atoms with Gasteiger partial charge in [-0.1, -0.05) is 20.8 Å². The summed E-state index contributed by atoms with van der Waals surface area (Å²) in [6.45, 7) is 11.0. The van der Waals surface area contributed by atoms with Gasteiger partial charge in [0.05, 0.1) is 5.41 Å². The van der Waals surface area contributed by atoms with Crippen molar-refractivity contribution in [2.24, 2.45) is 33.0 Å². The predicted octanol–water partition coefficient (Wildman–Crippen LogP) is 0.940. The van der Waals surface area contributed by atoms with Crippen LogP contribution in [0.5, 0.6) is 0 Å². The SMILES string of the molecule is CC(C)(C)C(=O)OC(CCCN=C(N)N)C(N)C(=O)C(C)(C)C. The van der Waals surface area contributed by atoms with Crippen molar-refractivity contribution in [3.8, 4) is 0 Å². The third kappa shape index (κ3) is 7.97. The standard InChI is InChI=1S/C16H32N4O3/c1-15(2,3)12(21)11(17)10(8-7-9-20-14(18)19)23-13(22)16(4,5)6/h10-11H,7-9,17H2,1-6H3,(H4,18,19,20). The van der Waals surface area contributed by atoms with Gasteiger partial charge in [0, 0.05) is 12.0 Å². The number of nitrogens with two attached hydrogens (primary N) is 3. The number of nitrogens with zero attached hydrogens (tertiary/aromatic N) is 1. The fourth-order valence-electron chi connectivity index (χ4n) is 1.80. The first-order valence-electron chi connectivity index (χ1n) is 7.83. The highest BCUT2D eigenvalue weighted by atomic mass is 16.5. The van der Waals surface area contributed by atoms with Gasteiger partial charge >= 0.3 is 5.97 Å². The second-order valence-corrected chi connectivity index (χ2v) is 7.78. The van der Waals surface area contributed by atoms with Crippen LogP contribution in [0.3, 0.4) is 0 Å². The van der Waals surface area contributed by atoms with Gasteiger partial charge in [0.2, 0.25) is 0 Å². The predicted molar refractivity (Wildman–Crippen MR) is 91.7 cm³/mol. The molecule has 0 aromatic rings. The lowest BCUT2D eigenvalue weighted by atomic mass is 9.84. The van der Waals surface area contributed by atoms with Crippen molar-refractivity contribution in [3.63, 3.8) is 0 Å². The number of rotatable bonds is 7. The zero-order valence-electron chi connectivity index (χ0n) is 15.2. The van der Waals surface area contributed by atoms with E-state index in [1.807, 2.05) is 0 Å². The van der Waals surface area contributed by atoms with E-state index in [9.17, 15) is 9.59 Å². The van der Waals surface area contributed by atoms with Gasteiger partial charge in [-0.05, 0) is 33.6 Å². The molecular weight excluding hydrogens is 296 g/mol. The molecule has 0 fully saturated rings. The largest absolute Gasteiger partial charge is 0.460 e. The molecule has 6 N–H and O–H groups in total. The highest BCUT2D eigenvalue weighted by Crippen LogP contribution is 2.23. The van der Waals surface area contributed by atoms with Crippen molar-refractivity contribution in [2.45, 2.75) is 66.5 Å². The fourth-order valence-corrected chi connectivity index (χ4v) is 1.80. The summed E-state index contributed by atoms with van der Waals surface area (Å²) in [6.07, 6.45) is 0.287. The van der Waals surface area contributed by atoms with E-state index >= 15 is 0 Å². The van der Waals surface area contributed by atoms with Gasteiger partial charge < -0.3 is 21.9 Å². The van der Waals surface area contributed by atoms with E-state index < -0.39 is 23.0 Å². The van der Waals surface area contributed by atoms with E-state index in [4.69, 9.17) is 21.9 Å². The number of hydrogen-bond donors (Lipinski definition) is 3. The Balaban J connectivity index is 5.03. The summed E-state index contributed by atoms with van der Waals surface area (Å²) >= 11 is 0. The number of hydrogen-bond acceptors (Lipinski definition) is 5. The molecule has 2 atom stereocenters. The molecule has 0 aromatic heterocycles. The summed E-state index contributed by atoms with van der Waals surface area (Å²) in [4.78, 5) is 28.4. The van der Waals surface area contributed by atoms with Crippen molar-refractivity contribution in [3.05, 3.63) is 0 Å². The minimum atomic E-state index is -0.875. The highest BCUT2D eigenvalue weighted by Gasteiger charge is 2.36. The maximum Gasteiger partial charge on any atom is 0.311 e. The van der Waals surface area contributed by atoms with E-state index in [1.54, 1.807) is 41.5 Å². The molecule has 2 unspecified atom stereocenters. The van der Waals surface area contributed by atoms with Crippen molar-refractivity contribution in [2.75, 3.05) is 6.54 Å². The van der Waals surface area contributed by atoms with E-state index in [-0.39, 0.29) is 17.7 Å². The van der Waals surface area contributed by atoms with Gasteiger partial charge in [-0.25, -0.2) is 0 Å². The van der Waals surface area contributed by atoms with Gasteiger partial charge in [0.15, 0.2) is 11.7 Å². The fraction of sp³-hybridized carbons (Fsp3) is 0.812. The molecule has 23 heavy (non-hydrogen) atoms. The third-order valence-corrected chi connectivity index (χ3v) is 3.25. The lowest BCUT2D eigenvalue weighted by Gasteiger charge is -2.30. The van der Waals surface area contributed by atoms with Crippen LogP contribution in [0, 0.1) is 10.8 Å². The summed E-state index contributed by atoms with van der Waals surface area (Å²) < 4.78 is 5.50. The summed E-state index contributed by atoms with van der Waals surface area (Å²) in [5, 5.41) is 0. The molecule has 134 valence electrons. The zero-order chi connectivity index (χ0) is 18.4. The average molecular weight is 328 g/mol. The van der Waals surface area contributed by atoms with Crippen LogP contribution >= 0.6 is 0 Å². The van der Waals surface area contributed by atoms with Crippen molar-refractivity contribution < 1.29 is 14.3 Å². The lowest BCUT2D eigenvalue weighted by Crippen LogP contribution is -2.49. The Morgan fingerprint density at radius 2 is 1.57 bits per heavy atom. The molecule has 0 rings (SSSR count). The minimum absolute atomic E-state index is 0.00306. The van der Waals surface area contributed by atoms with Gasteiger partial charge in [-0.3, -0.25) is 14.6 Å². The summed E-state index contributed by atoms with van der Waals surface area (Å²) in [6, 6.07) is -0.875. The number of guanidine groups is 1. The third-order valence-electron chi connectivity index (χ3n) is 3.25. The number of ketones is 1. The Labute approximate surface area is 139 Å². The summed E-state index contributed by atoms with van der Waals surface area (Å²) in [7, 11) is 0. The highest BCUT2D eigenvalue weighted by molar-refractivity contribution is 5.89. The van der Waals surface area contributed by atoms with Crippen LogP contribution in [-0.4, -0.2) is 36.4 Å². The van der Waals surface area contributed by atoms with Crippen molar-refractivity contribution >= 4 is 17.7 Å². The van der Waals surface area contributed by atoms with Crippen LogP contribution in [0.15, 0.2) is 4.99 Å². The molecule has 0 spiro atoms. The Kier molecular flexibility index (Phi) is 7.70. The van der Waals surface area contributed by atoms with Gasteiger partial charge in [-0.2, -0.15) is 0 Å². The van der Waals surface area contributed by atoms with Crippen LogP contribution in [0.2, 0.25) is 0 Å². The van der Waals surface area contributed by atoms with Crippen LogP contribution in [0.4, 0.5) is 0 Å². The first-order valence-corrected chi connectivity index (χ1v) is 7.83. The molecule has 7 nitrogen and oxygen atoms in total. The Hall–Kier alpha value is -1.63. The van der Waals surface area contributed by atoms with E-state index in [0.717, 1.165) is 0 Å². The van der Waals surface area contributed by atoms with E-state index in [1.165, 1.54) is 0 Å². The van der Waals surface area contributed by atoms with Crippen LogP contribution < -0.4 is 17.2 Å². The Morgan fingerprint density at radius 3 is 1.96 bits per heavy atom. The van der Waals surface area contributed by atoms with Crippen molar-refractivity contribution in [1.29, 1.82) is 0 Å². The number of carbonyl (C=O) groups is 2. The molecule has 0 saturated heterocycles. The molecule has 0 radical (unpaired) electrons. The van der Waals surface area contributed by atoms with Crippen LogP contribution in [0.25, 0.3) is 0 Å². The van der Waals surface area contributed by atoms with Gasteiger partial charge in [0.25, 0.3) is 0 Å². The molecule has 0 aliphatic heterocycles. The van der Waals surface area contributed by atoms with Gasteiger partial charge in [0.1, 0.15) is 12.1 Å². The minimum Gasteiger partial charge on any atom is -0.460 e. The topological polar surface area (TPSA) is 134 Å². The van der Waals surface area contributed by atoms with Gasteiger partial charge in [-0.15, -0.1) is 0 Å². The monoisotopic (exact) mass is 328 g/mol. The van der Waals surface area contributed by atoms with E-state index in [2.05, 4.69) is 4.99 Å². The van der Waals surface area contributed by atoms with Crippen molar-refractivity contribution in [1.82, 2.24) is 0 Å². The normalized spacial score (nSPS) is 14.7. The number of aliphatic imine (C=N–C) groups is 1. The number of carbonyl (C=O) groups excluding carboxylic acids is 2. The Bertz CT molecular complexity index is 443. The lowest BCUT2D eigenvalue weighted by molar-refractivity contribution is -0.161. The first-order chi connectivity index (χ1) is 10.3. The van der Waals surface area contributed by atoms with Crippen LogP contribution in [0.1, 0.15) is 54.4 Å². The summed E-state index contributed by atoms with van der Waals surface area (Å²) in [5.74, 6) is -0.532. The molecule has 0 bridgehead atoms. The number of Topliss-reactive ketones (excluding diaryl/α,β-unsaturated/α-hetero) is 1. The molecule has 0 aliphatic rings. The molecule has 0 amide bonds. The smallest absolute Gasteiger partial charge is 0.311 e. The molecule has 0 heterocycles. The van der Waals surface area contributed by atoms with Crippen LogP contribution in [-0.2, 0) is 14.3 Å². The second-order valence-electron chi connectivity index (χ2n) is 7.78.